The van der Waals surface area contributed by atoms with Gasteiger partial charge in [0.25, 0.3) is 0 Å². The van der Waals surface area contributed by atoms with E-state index >= 15 is 0 Å². The van der Waals surface area contributed by atoms with Crippen molar-refractivity contribution in [2.24, 2.45) is 5.92 Å². The predicted octanol–water partition coefficient (Wildman–Crippen LogP) is 3.15. The van der Waals surface area contributed by atoms with Crippen molar-refractivity contribution < 1.29 is 4.79 Å². The van der Waals surface area contributed by atoms with E-state index in [9.17, 15) is 4.79 Å². The molecule has 1 fully saturated rings. The average Bonchev–Trinajstić information content (AvgIpc) is 2.63. The van der Waals surface area contributed by atoms with Crippen molar-refractivity contribution in [2.75, 3.05) is 5.75 Å². The third-order valence-corrected chi connectivity index (χ3v) is 3.80. The van der Waals surface area contributed by atoms with Crippen LogP contribution in [0.5, 0.6) is 0 Å². The van der Waals surface area contributed by atoms with E-state index < -0.39 is 0 Å². The number of carbonyl (C=O) groups excluding carboxylic acids is 1. The summed E-state index contributed by atoms with van der Waals surface area (Å²) in [5.74, 6) is 1.75. The molecule has 1 saturated carbocycles. The Hall–Kier alpha value is -0.760. The van der Waals surface area contributed by atoms with Crippen LogP contribution < -0.4 is 0 Å². The van der Waals surface area contributed by atoms with Crippen molar-refractivity contribution in [3.05, 3.63) is 30.3 Å². The van der Waals surface area contributed by atoms with Gasteiger partial charge >= 0.3 is 0 Å². The SMILES string of the molecule is O=C1CCCC1CSc1ccccc1. The number of Topliss-reactive ketones (excluding diaryl/α,β-unsaturated/α-hetero) is 1. The van der Waals surface area contributed by atoms with Gasteiger partial charge in [0, 0.05) is 23.0 Å². The number of rotatable bonds is 3. The van der Waals surface area contributed by atoms with Crippen molar-refractivity contribution in [1.82, 2.24) is 0 Å². The van der Waals surface area contributed by atoms with Crippen LogP contribution in [0.1, 0.15) is 19.3 Å². The maximum Gasteiger partial charge on any atom is 0.136 e. The van der Waals surface area contributed by atoms with Gasteiger partial charge in [0.05, 0.1) is 0 Å². The molecule has 0 N–H and O–H groups in total. The minimum absolute atomic E-state index is 0.320. The Morgan fingerprint density at radius 2 is 2.07 bits per heavy atom. The Bertz CT molecular complexity index is 307. The van der Waals surface area contributed by atoms with E-state index in [1.165, 1.54) is 4.90 Å². The molecule has 0 aliphatic heterocycles. The molecule has 2 rings (SSSR count). The number of hydrogen-bond acceptors (Lipinski definition) is 2. The van der Waals surface area contributed by atoms with Crippen LogP contribution in [0.3, 0.4) is 0 Å². The predicted molar refractivity (Wildman–Crippen MR) is 59.5 cm³/mol. The summed E-state index contributed by atoms with van der Waals surface area (Å²) in [6.07, 6.45) is 3.00. The molecule has 1 nitrogen and oxygen atoms in total. The summed E-state index contributed by atoms with van der Waals surface area (Å²) in [4.78, 5) is 12.7. The molecule has 1 aromatic rings. The molecular formula is C12H14OS. The van der Waals surface area contributed by atoms with Crippen molar-refractivity contribution >= 4 is 17.5 Å². The largest absolute Gasteiger partial charge is 0.299 e. The van der Waals surface area contributed by atoms with Crippen molar-refractivity contribution in [2.45, 2.75) is 24.2 Å². The molecule has 0 radical (unpaired) electrons. The molecule has 0 saturated heterocycles. The average molecular weight is 206 g/mol. The fourth-order valence-corrected chi connectivity index (χ4v) is 2.87. The van der Waals surface area contributed by atoms with Gasteiger partial charge in [-0.2, -0.15) is 0 Å². The normalized spacial score (nSPS) is 21.4. The molecule has 2 heteroatoms. The molecule has 1 aliphatic rings. The van der Waals surface area contributed by atoms with Crippen LogP contribution in [0.25, 0.3) is 0 Å². The molecule has 1 atom stereocenters. The summed E-state index contributed by atoms with van der Waals surface area (Å²) in [7, 11) is 0. The minimum Gasteiger partial charge on any atom is -0.299 e. The van der Waals surface area contributed by atoms with Gasteiger partial charge in [-0.05, 0) is 25.0 Å². The lowest BCUT2D eigenvalue weighted by Gasteiger charge is -2.06. The third kappa shape index (κ3) is 2.38. The van der Waals surface area contributed by atoms with Crippen LogP contribution in [0.2, 0.25) is 0 Å². The Morgan fingerprint density at radius 3 is 2.71 bits per heavy atom. The van der Waals surface area contributed by atoms with E-state index in [4.69, 9.17) is 0 Å². The second-order valence-electron chi connectivity index (χ2n) is 3.68. The molecule has 0 spiro atoms. The summed E-state index contributed by atoms with van der Waals surface area (Å²) in [5, 5.41) is 0. The molecule has 0 amide bonds. The zero-order chi connectivity index (χ0) is 9.80. The van der Waals surface area contributed by atoms with Crippen LogP contribution in [-0.2, 0) is 4.79 Å². The third-order valence-electron chi connectivity index (χ3n) is 2.63. The fourth-order valence-electron chi connectivity index (χ4n) is 1.78. The first kappa shape index (κ1) is 9.78. The summed E-state index contributed by atoms with van der Waals surface area (Å²) in [5.41, 5.74) is 0. The molecule has 74 valence electrons. The van der Waals surface area contributed by atoms with Crippen molar-refractivity contribution in [3.63, 3.8) is 0 Å². The molecule has 1 unspecified atom stereocenters. The lowest BCUT2D eigenvalue weighted by atomic mass is 10.1. The van der Waals surface area contributed by atoms with Gasteiger partial charge in [-0.15, -0.1) is 11.8 Å². The van der Waals surface area contributed by atoms with Gasteiger partial charge in [0.15, 0.2) is 0 Å². The van der Waals surface area contributed by atoms with Gasteiger partial charge in [-0.3, -0.25) is 4.79 Å². The highest BCUT2D eigenvalue weighted by molar-refractivity contribution is 7.99. The number of ketones is 1. The monoisotopic (exact) mass is 206 g/mol. The second-order valence-corrected chi connectivity index (χ2v) is 4.77. The Morgan fingerprint density at radius 1 is 1.29 bits per heavy atom. The highest BCUT2D eigenvalue weighted by atomic mass is 32.2. The van der Waals surface area contributed by atoms with Crippen LogP contribution in [0.4, 0.5) is 0 Å². The van der Waals surface area contributed by atoms with Crippen molar-refractivity contribution in [3.8, 4) is 0 Å². The lowest BCUT2D eigenvalue weighted by molar-refractivity contribution is -0.120. The standard InChI is InChI=1S/C12H14OS/c13-12-8-4-5-10(12)9-14-11-6-2-1-3-7-11/h1-3,6-7,10H,4-5,8-9H2. The zero-order valence-electron chi connectivity index (χ0n) is 8.11. The van der Waals surface area contributed by atoms with Crippen LogP contribution in [0, 0.1) is 5.92 Å². The van der Waals surface area contributed by atoms with E-state index in [1.54, 1.807) is 11.8 Å². The molecule has 14 heavy (non-hydrogen) atoms. The maximum atomic E-state index is 11.4. The van der Waals surface area contributed by atoms with Gasteiger partial charge < -0.3 is 0 Å². The Labute approximate surface area is 88.9 Å². The number of hydrogen-bond donors (Lipinski definition) is 0. The lowest BCUT2D eigenvalue weighted by Crippen LogP contribution is -2.08. The number of thioether (sulfide) groups is 1. The molecule has 0 aromatic heterocycles. The first-order chi connectivity index (χ1) is 6.86. The molecule has 1 aromatic carbocycles. The van der Waals surface area contributed by atoms with Crippen LogP contribution in [0.15, 0.2) is 35.2 Å². The molecule has 0 heterocycles. The first-order valence-electron chi connectivity index (χ1n) is 5.07. The van der Waals surface area contributed by atoms with Gasteiger partial charge in [-0.1, -0.05) is 18.2 Å². The quantitative estimate of drug-likeness (QED) is 0.707. The minimum atomic E-state index is 0.320. The zero-order valence-corrected chi connectivity index (χ0v) is 8.93. The van der Waals surface area contributed by atoms with E-state index in [2.05, 4.69) is 12.1 Å². The highest BCUT2D eigenvalue weighted by Crippen LogP contribution is 2.28. The number of carbonyl (C=O) groups is 1. The first-order valence-corrected chi connectivity index (χ1v) is 6.05. The Balaban J connectivity index is 1.85. The maximum absolute atomic E-state index is 11.4. The van der Waals surface area contributed by atoms with Gasteiger partial charge in [-0.25, -0.2) is 0 Å². The number of benzene rings is 1. The second kappa shape index (κ2) is 4.65. The van der Waals surface area contributed by atoms with E-state index in [0.717, 1.165) is 25.0 Å². The Kier molecular flexibility index (Phi) is 3.25. The van der Waals surface area contributed by atoms with Crippen molar-refractivity contribution in [1.29, 1.82) is 0 Å². The smallest absolute Gasteiger partial charge is 0.136 e. The van der Waals surface area contributed by atoms with Crippen LogP contribution in [-0.4, -0.2) is 11.5 Å². The summed E-state index contributed by atoms with van der Waals surface area (Å²) >= 11 is 1.80. The van der Waals surface area contributed by atoms with Gasteiger partial charge in [0.1, 0.15) is 5.78 Å². The summed E-state index contributed by atoms with van der Waals surface area (Å²) in [6, 6.07) is 10.3. The van der Waals surface area contributed by atoms with Crippen LogP contribution >= 0.6 is 11.8 Å². The van der Waals surface area contributed by atoms with E-state index in [-0.39, 0.29) is 0 Å². The molecule has 0 bridgehead atoms. The molecular weight excluding hydrogens is 192 g/mol. The fraction of sp³-hybridized carbons (Fsp3) is 0.417. The highest BCUT2D eigenvalue weighted by Gasteiger charge is 2.23. The molecule has 1 aliphatic carbocycles. The summed E-state index contributed by atoms with van der Waals surface area (Å²) in [6.45, 7) is 0. The van der Waals surface area contributed by atoms with E-state index in [1.807, 2.05) is 18.2 Å². The van der Waals surface area contributed by atoms with Gasteiger partial charge in [0.2, 0.25) is 0 Å². The summed E-state index contributed by atoms with van der Waals surface area (Å²) < 4.78 is 0. The topological polar surface area (TPSA) is 17.1 Å². The van der Waals surface area contributed by atoms with E-state index in [0.29, 0.717) is 11.7 Å².